The molecule has 0 unspecified atom stereocenters. The minimum Gasteiger partial charge on any atom is -0.469 e. The van der Waals surface area contributed by atoms with Crippen LogP contribution in [0.15, 0.2) is 39.2 Å². The number of aromatic nitrogens is 2. The third-order valence-electron chi connectivity index (χ3n) is 4.59. The highest BCUT2D eigenvalue weighted by Gasteiger charge is 2.15. The first-order valence-electron chi connectivity index (χ1n) is 8.83. The summed E-state index contributed by atoms with van der Waals surface area (Å²) in [6.07, 6.45) is 0.525. The standard InChI is InChI=1S/C20H22N2O4S/c1-12(2)13-6-8-14(9-7-13)15-11-27-18-17(15)19(24)22(20(25)21-18)10-4-5-16(23)26-3/h6-9,11-12H,4-5,10H2,1-3H3,(H,21,25). The maximum Gasteiger partial charge on any atom is 0.329 e. The zero-order chi connectivity index (χ0) is 19.6. The van der Waals surface area contributed by atoms with Gasteiger partial charge in [-0.05, 0) is 23.5 Å². The number of esters is 1. The molecule has 3 aromatic rings. The van der Waals surface area contributed by atoms with Gasteiger partial charge in [-0.1, -0.05) is 38.1 Å². The molecule has 142 valence electrons. The van der Waals surface area contributed by atoms with Gasteiger partial charge in [0.05, 0.1) is 12.5 Å². The zero-order valence-electron chi connectivity index (χ0n) is 15.6. The lowest BCUT2D eigenvalue weighted by Gasteiger charge is -2.07. The van der Waals surface area contributed by atoms with E-state index in [1.165, 1.54) is 24.0 Å². The van der Waals surface area contributed by atoms with Crippen LogP contribution in [0, 0.1) is 0 Å². The molecule has 3 rings (SSSR count). The number of ether oxygens (including phenoxy) is 1. The smallest absolute Gasteiger partial charge is 0.329 e. The van der Waals surface area contributed by atoms with Gasteiger partial charge in [-0.15, -0.1) is 11.3 Å². The molecule has 0 radical (unpaired) electrons. The lowest BCUT2D eigenvalue weighted by molar-refractivity contribution is -0.140. The molecule has 0 saturated heterocycles. The van der Waals surface area contributed by atoms with E-state index in [-0.39, 0.29) is 24.5 Å². The highest BCUT2D eigenvalue weighted by atomic mass is 32.1. The monoisotopic (exact) mass is 386 g/mol. The summed E-state index contributed by atoms with van der Waals surface area (Å²) in [5, 5.41) is 2.40. The van der Waals surface area contributed by atoms with Crippen molar-refractivity contribution in [2.75, 3.05) is 7.11 Å². The third kappa shape index (κ3) is 3.88. The van der Waals surface area contributed by atoms with Gasteiger partial charge in [0.25, 0.3) is 5.56 Å². The molecule has 1 N–H and O–H groups in total. The summed E-state index contributed by atoms with van der Waals surface area (Å²) in [4.78, 5) is 39.8. The van der Waals surface area contributed by atoms with Gasteiger partial charge < -0.3 is 4.74 Å². The number of aromatic amines is 1. The zero-order valence-corrected chi connectivity index (χ0v) is 16.4. The number of carbonyl (C=O) groups excluding carboxylic acids is 1. The predicted octanol–water partition coefficient (Wildman–Crippen LogP) is 3.49. The summed E-state index contributed by atoms with van der Waals surface area (Å²) >= 11 is 1.35. The number of hydrogen-bond donors (Lipinski definition) is 1. The summed E-state index contributed by atoms with van der Waals surface area (Å²) in [6, 6.07) is 8.13. The number of thiophene rings is 1. The van der Waals surface area contributed by atoms with Crippen molar-refractivity contribution < 1.29 is 9.53 Å². The van der Waals surface area contributed by atoms with Crippen molar-refractivity contribution in [3.63, 3.8) is 0 Å². The Kier molecular flexibility index (Phi) is 5.60. The first-order chi connectivity index (χ1) is 12.9. The predicted molar refractivity (Wildman–Crippen MR) is 107 cm³/mol. The normalized spacial score (nSPS) is 11.3. The van der Waals surface area contributed by atoms with Crippen LogP contribution in [-0.2, 0) is 16.1 Å². The number of carbonyl (C=O) groups is 1. The molecule has 6 nitrogen and oxygen atoms in total. The first-order valence-corrected chi connectivity index (χ1v) is 9.71. The van der Waals surface area contributed by atoms with Crippen LogP contribution in [0.4, 0.5) is 0 Å². The van der Waals surface area contributed by atoms with Crippen LogP contribution in [0.5, 0.6) is 0 Å². The summed E-state index contributed by atoms with van der Waals surface area (Å²) in [5.41, 5.74) is 2.19. The van der Waals surface area contributed by atoms with Crippen LogP contribution in [0.2, 0.25) is 0 Å². The second kappa shape index (κ2) is 7.92. The summed E-state index contributed by atoms with van der Waals surface area (Å²) in [7, 11) is 1.32. The largest absolute Gasteiger partial charge is 0.469 e. The number of benzene rings is 1. The Balaban J connectivity index is 2.01. The van der Waals surface area contributed by atoms with E-state index >= 15 is 0 Å². The minimum absolute atomic E-state index is 0.160. The van der Waals surface area contributed by atoms with Crippen LogP contribution >= 0.6 is 11.3 Å². The Morgan fingerprint density at radius 1 is 1.22 bits per heavy atom. The van der Waals surface area contributed by atoms with Crippen LogP contribution in [0.1, 0.15) is 38.2 Å². The number of nitrogens with zero attached hydrogens (tertiary/aromatic N) is 1. The molecule has 0 saturated carbocycles. The van der Waals surface area contributed by atoms with E-state index in [1.54, 1.807) is 0 Å². The first kappa shape index (κ1) is 19.1. The van der Waals surface area contributed by atoms with Crippen LogP contribution in [-0.4, -0.2) is 22.6 Å². The summed E-state index contributed by atoms with van der Waals surface area (Å²) < 4.78 is 5.76. The number of rotatable bonds is 6. The average molecular weight is 386 g/mol. The fourth-order valence-electron chi connectivity index (χ4n) is 3.00. The van der Waals surface area contributed by atoms with Crippen molar-refractivity contribution in [2.45, 2.75) is 39.2 Å². The molecule has 2 aromatic heterocycles. The van der Waals surface area contributed by atoms with Crippen LogP contribution < -0.4 is 11.2 Å². The molecule has 0 aliphatic heterocycles. The average Bonchev–Trinajstić information content (AvgIpc) is 3.08. The van der Waals surface area contributed by atoms with E-state index in [0.29, 0.717) is 22.6 Å². The summed E-state index contributed by atoms with van der Waals surface area (Å²) in [5.74, 6) is 0.0729. The molecule has 0 aliphatic carbocycles. The van der Waals surface area contributed by atoms with Gasteiger partial charge in [0, 0.05) is 23.9 Å². The van der Waals surface area contributed by atoms with E-state index in [0.717, 1.165) is 15.7 Å². The maximum atomic E-state index is 13.0. The molecule has 0 bridgehead atoms. The summed E-state index contributed by atoms with van der Waals surface area (Å²) in [6.45, 7) is 4.43. The van der Waals surface area contributed by atoms with Crippen molar-refractivity contribution in [1.82, 2.24) is 9.55 Å². The second-order valence-electron chi connectivity index (χ2n) is 6.70. The molecular weight excluding hydrogens is 364 g/mol. The fourth-order valence-corrected chi connectivity index (χ4v) is 3.95. The molecule has 1 aromatic carbocycles. The van der Waals surface area contributed by atoms with Crippen LogP contribution in [0.3, 0.4) is 0 Å². The fraction of sp³-hybridized carbons (Fsp3) is 0.350. The molecule has 0 atom stereocenters. The topological polar surface area (TPSA) is 81.2 Å². The van der Waals surface area contributed by atoms with Gasteiger partial charge in [0.1, 0.15) is 4.83 Å². The molecule has 27 heavy (non-hydrogen) atoms. The van der Waals surface area contributed by atoms with E-state index in [2.05, 4.69) is 35.7 Å². The van der Waals surface area contributed by atoms with Crippen molar-refractivity contribution in [1.29, 1.82) is 0 Å². The van der Waals surface area contributed by atoms with Crippen molar-refractivity contribution in [2.24, 2.45) is 0 Å². The number of H-pyrrole nitrogens is 1. The molecule has 0 fully saturated rings. The van der Waals surface area contributed by atoms with Gasteiger partial charge in [0.15, 0.2) is 0 Å². The Hall–Kier alpha value is -2.67. The third-order valence-corrected chi connectivity index (χ3v) is 5.49. The van der Waals surface area contributed by atoms with E-state index in [9.17, 15) is 14.4 Å². The lowest BCUT2D eigenvalue weighted by Crippen LogP contribution is -2.35. The van der Waals surface area contributed by atoms with Crippen molar-refractivity contribution in [3.05, 3.63) is 56.0 Å². The number of fused-ring (bicyclic) bond motifs is 1. The molecular formula is C20H22N2O4S. The highest BCUT2D eigenvalue weighted by molar-refractivity contribution is 7.17. The van der Waals surface area contributed by atoms with Crippen molar-refractivity contribution >= 4 is 27.5 Å². The quantitative estimate of drug-likeness (QED) is 0.658. The molecule has 7 heteroatoms. The highest BCUT2D eigenvalue weighted by Crippen LogP contribution is 2.31. The second-order valence-corrected chi connectivity index (χ2v) is 7.58. The van der Waals surface area contributed by atoms with E-state index in [4.69, 9.17) is 0 Å². The molecule has 0 aliphatic rings. The Labute approximate surface area is 160 Å². The number of hydrogen-bond acceptors (Lipinski definition) is 5. The van der Waals surface area contributed by atoms with Gasteiger partial charge in [-0.2, -0.15) is 0 Å². The lowest BCUT2D eigenvalue weighted by atomic mass is 9.99. The van der Waals surface area contributed by atoms with E-state index < -0.39 is 5.69 Å². The number of methoxy groups -OCH3 is 1. The van der Waals surface area contributed by atoms with Crippen molar-refractivity contribution in [3.8, 4) is 11.1 Å². The Morgan fingerprint density at radius 2 is 1.93 bits per heavy atom. The SMILES string of the molecule is COC(=O)CCCn1c(=O)[nH]c2scc(-c3ccc(C(C)C)cc3)c2c1=O. The minimum atomic E-state index is -0.457. The van der Waals surface area contributed by atoms with E-state index in [1.807, 2.05) is 17.5 Å². The van der Waals surface area contributed by atoms with Gasteiger partial charge in [-0.3, -0.25) is 19.1 Å². The Bertz CT molecular complexity index is 1070. The Morgan fingerprint density at radius 3 is 2.56 bits per heavy atom. The van der Waals surface area contributed by atoms with Gasteiger partial charge in [-0.25, -0.2) is 4.79 Å². The van der Waals surface area contributed by atoms with Gasteiger partial charge >= 0.3 is 11.7 Å². The van der Waals surface area contributed by atoms with Gasteiger partial charge in [0.2, 0.25) is 0 Å². The van der Waals surface area contributed by atoms with Crippen LogP contribution in [0.25, 0.3) is 21.3 Å². The number of nitrogens with one attached hydrogen (secondary N) is 1. The molecule has 2 heterocycles. The molecule has 0 spiro atoms. The maximum absolute atomic E-state index is 13.0. The molecule has 0 amide bonds.